The van der Waals surface area contributed by atoms with Gasteiger partial charge in [0.1, 0.15) is 0 Å². The number of carboxylic acids is 1. The lowest BCUT2D eigenvalue weighted by Gasteiger charge is -2.07. The van der Waals surface area contributed by atoms with E-state index in [4.69, 9.17) is 23.2 Å². The van der Waals surface area contributed by atoms with Crippen molar-refractivity contribution in [2.45, 2.75) is 0 Å². The van der Waals surface area contributed by atoms with Crippen molar-refractivity contribution in [2.75, 3.05) is 0 Å². The summed E-state index contributed by atoms with van der Waals surface area (Å²) in [7, 11) is 0. The van der Waals surface area contributed by atoms with Gasteiger partial charge in [-0.3, -0.25) is 0 Å². The smallest absolute Gasteiger partial charge is 0.335 e. The Hall–Kier alpha value is -2.89. The number of pyridine rings is 1. The number of halogens is 2. The molecule has 0 aliphatic heterocycles. The van der Waals surface area contributed by atoms with E-state index in [-0.39, 0.29) is 5.56 Å². The molecule has 0 aliphatic rings. The zero-order valence-corrected chi connectivity index (χ0v) is 14.7. The number of hydrogen-bond donors (Lipinski definition) is 1. The van der Waals surface area contributed by atoms with Crippen molar-refractivity contribution in [3.63, 3.8) is 0 Å². The van der Waals surface area contributed by atoms with Crippen LogP contribution in [0.4, 0.5) is 0 Å². The molecule has 4 aromatic rings. The lowest BCUT2D eigenvalue weighted by atomic mass is 10.1. The summed E-state index contributed by atoms with van der Waals surface area (Å²) in [6, 6.07) is 15.5. The molecule has 128 valence electrons. The third-order valence-electron chi connectivity index (χ3n) is 3.96. The fourth-order valence-corrected chi connectivity index (χ4v) is 3.19. The van der Waals surface area contributed by atoms with Crippen LogP contribution in [0.1, 0.15) is 10.4 Å². The average molecular weight is 384 g/mol. The van der Waals surface area contributed by atoms with Gasteiger partial charge in [-0.25, -0.2) is 14.5 Å². The minimum Gasteiger partial charge on any atom is -0.478 e. The van der Waals surface area contributed by atoms with Gasteiger partial charge in [-0.1, -0.05) is 35.3 Å². The fourth-order valence-electron chi connectivity index (χ4n) is 2.71. The maximum atomic E-state index is 11.2. The molecular weight excluding hydrogens is 373 g/mol. The number of carboxylic acid groups (broad SMARTS) is 1. The van der Waals surface area contributed by atoms with Crippen LogP contribution in [0.2, 0.25) is 10.0 Å². The predicted octanol–water partition coefficient (Wildman–Crippen LogP) is 5.09. The largest absolute Gasteiger partial charge is 0.478 e. The molecular formula is C19H11Cl2N3O2. The molecule has 26 heavy (non-hydrogen) atoms. The minimum atomic E-state index is -0.981. The van der Waals surface area contributed by atoms with E-state index in [1.165, 1.54) is 0 Å². The van der Waals surface area contributed by atoms with E-state index in [1.807, 2.05) is 18.2 Å². The molecule has 0 bridgehead atoms. The van der Waals surface area contributed by atoms with Crippen LogP contribution in [-0.4, -0.2) is 25.8 Å². The van der Waals surface area contributed by atoms with E-state index in [9.17, 15) is 9.90 Å². The number of aromatic nitrogens is 3. The topological polar surface area (TPSA) is 68.0 Å². The molecule has 0 amide bonds. The van der Waals surface area contributed by atoms with E-state index in [2.05, 4.69) is 10.1 Å². The number of hydrogen-bond acceptors (Lipinski definition) is 3. The Kier molecular flexibility index (Phi) is 4.11. The highest BCUT2D eigenvalue weighted by molar-refractivity contribution is 6.35. The van der Waals surface area contributed by atoms with Crippen molar-refractivity contribution < 1.29 is 9.90 Å². The maximum absolute atomic E-state index is 11.2. The number of benzene rings is 2. The van der Waals surface area contributed by atoms with E-state index >= 15 is 0 Å². The molecule has 0 aliphatic carbocycles. The number of rotatable bonds is 3. The number of fused-ring (bicyclic) bond motifs is 1. The number of aromatic carboxylic acids is 1. The predicted molar refractivity (Wildman–Crippen MR) is 101 cm³/mol. The molecule has 0 spiro atoms. The molecule has 0 fully saturated rings. The second kappa shape index (κ2) is 6.44. The average Bonchev–Trinajstić information content (AvgIpc) is 3.05. The highest BCUT2D eigenvalue weighted by Crippen LogP contribution is 2.28. The molecule has 1 N–H and O–H groups in total. The Balaban J connectivity index is 1.87. The van der Waals surface area contributed by atoms with Crippen LogP contribution in [0.25, 0.3) is 28.0 Å². The summed E-state index contributed by atoms with van der Waals surface area (Å²) in [5, 5.41) is 15.4. The lowest BCUT2D eigenvalue weighted by molar-refractivity contribution is 0.0697. The summed E-state index contributed by atoms with van der Waals surface area (Å²) >= 11 is 12.3. The van der Waals surface area contributed by atoms with Crippen LogP contribution >= 0.6 is 23.2 Å². The van der Waals surface area contributed by atoms with Crippen molar-refractivity contribution >= 4 is 40.2 Å². The molecule has 0 atom stereocenters. The molecule has 0 saturated heterocycles. The van der Waals surface area contributed by atoms with Gasteiger partial charge in [0.15, 0.2) is 5.65 Å². The highest BCUT2D eigenvalue weighted by atomic mass is 35.5. The van der Waals surface area contributed by atoms with Crippen molar-refractivity contribution in [2.24, 2.45) is 0 Å². The molecule has 7 heteroatoms. The minimum absolute atomic E-state index is 0.207. The molecule has 5 nitrogen and oxygen atoms in total. The quantitative estimate of drug-likeness (QED) is 0.534. The molecule has 4 rings (SSSR count). The van der Waals surface area contributed by atoms with E-state index in [1.54, 1.807) is 47.3 Å². The first kappa shape index (κ1) is 16.6. The Labute approximate surface area is 158 Å². The molecule has 2 aromatic carbocycles. The lowest BCUT2D eigenvalue weighted by Crippen LogP contribution is -2.00. The monoisotopic (exact) mass is 383 g/mol. The highest BCUT2D eigenvalue weighted by Gasteiger charge is 2.12. The van der Waals surface area contributed by atoms with Gasteiger partial charge >= 0.3 is 5.97 Å². The molecule has 0 unspecified atom stereocenters. The number of nitrogens with zero attached hydrogens (tertiary/aromatic N) is 3. The van der Waals surface area contributed by atoms with Gasteiger partial charge in [0.05, 0.1) is 28.2 Å². The maximum Gasteiger partial charge on any atom is 0.335 e. The summed E-state index contributed by atoms with van der Waals surface area (Å²) in [5.74, 6) is -0.981. The number of carbonyl (C=O) groups is 1. The Morgan fingerprint density at radius 1 is 1.04 bits per heavy atom. The first-order valence-corrected chi connectivity index (χ1v) is 8.42. The van der Waals surface area contributed by atoms with Gasteiger partial charge < -0.3 is 5.11 Å². The second-order valence-corrected chi connectivity index (χ2v) is 6.49. The van der Waals surface area contributed by atoms with Crippen molar-refractivity contribution in [1.29, 1.82) is 0 Å². The van der Waals surface area contributed by atoms with Crippen molar-refractivity contribution in [3.8, 4) is 16.9 Å². The van der Waals surface area contributed by atoms with Gasteiger partial charge in [-0.05, 0) is 42.5 Å². The van der Waals surface area contributed by atoms with Crippen LogP contribution in [0.3, 0.4) is 0 Å². The zero-order chi connectivity index (χ0) is 18.3. The van der Waals surface area contributed by atoms with Crippen molar-refractivity contribution in [1.82, 2.24) is 14.8 Å². The third kappa shape index (κ3) is 2.92. The van der Waals surface area contributed by atoms with Gasteiger partial charge in [0.25, 0.3) is 0 Å². The van der Waals surface area contributed by atoms with Gasteiger partial charge in [-0.2, -0.15) is 5.10 Å². The first-order valence-electron chi connectivity index (χ1n) is 7.67. The summed E-state index contributed by atoms with van der Waals surface area (Å²) in [6.45, 7) is 0. The summed E-state index contributed by atoms with van der Waals surface area (Å²) in [4.78, 5) is 15.9. The Bertz CT molecular complexity index is 1150. The zero-order valence-electron chi connectivity index (χ0n) is 13.2. The summed E-state index contributed by atoms with van der Waals surface area (Å²) < 4.78 is 1.64. The Morgan fingerprint density at radius 3 is 2.65 bits per heavy atom. The second-order valence-electron chi connectivity index (χ2n) is 5.65. The SMILES string of the molecule is O=C(O)c1cccc(-c2ccc3cnn(-c4ccc(Cl)cc4Cl)c3n2)c1. The van der Waals surface area contributed by atoms with Crippen LogP contribution in [-0.2, 0) is 0 Å². The molecule has 2 heterocycles. The van der Waals surface area contributed by atoms with E-state index in [0.29, 0.717) is 32.6 Å². The van der Waals surface area contributed by atoms with Crippen LogP contribution in [0.5, 0.6) is 0 Å². The molecule has 0 radical (unpaired) electrons. The van der Waals surface area contributed by atoms with Gasteiger partial charge in [-0.15, -0.1) is 0 Å². The molecule has 2 aromatic heterocycles. The molecule has 0 saturated carbocycles. The third-order valence-corrected chi connectivity index (χ3v) is 4.50. The van der Waals surface area contributed by atoms with Crippen LogP contribution in [0.15, 0.2) is 60.8 Å². The Morgan fingerprint density at radius 2 is 1.88 bits per heavy atom. The summed E-state index contributed by atoms with van der Waals surface area (Å²) in [6.07, 6.45) is 1.70. The van der Waals surface area contributed by atoms with Crippen molar-refractivity contribution in [3.05, 3.63) is 76.4 Å². The van der Waals surface area contributed by atoms with Gasteiger partial charge in [0, 0.05) is 16.0 Å². The summed E-state index contributed by atoms with van der Waals surface area (Å²) in [5.41, 5.74) is 2.84. The fraction of sp³-hybridized carbons (Fsp3) is 0. The van der Waals surface area contributed by atoms with Gasteiger partial charge in [0.2, 0.25) is 0 Å². The van der Waals surface area contributed by atoms with Crippen LogP contribution in [0, 0.1) is 0 Å². The van der Waals surface area contributed by atoms with Crippen LogP contribution < -0.4 is 0 Å². The standard InChI is InChI=1S/C19H11Cl2N3O2/c20-14-5-7-17(15(21)9-14)24-18-13(10-22-24)4-6-16(23-18)11-2-1-3-12(8-11)19(25)26/h1-10H,(H,25,26). The van der Waals surface area contributed by atoms with E-state index in [0.717, 1.165) is 5.39 Å². The first-order chi connectivity index (χ1) is 12.5. The van der Waals surface area contributed by atoms with E-state index < -0.39 is 5.97 Å². The normalized spacial score (nSPS) is 11.0.